The van der Waals surface area contributed by atoms with Crippen molar-refractivity contribution in [3.8, 4) is 0 Å². The number of nitrogens with two attached hydrogens (primary N) is 1. The van der Waals surface area contributed by atoms with Crippen LogP contribution in [0.5, 0.6) is 0 Å². The lowest BCUT2D eigenvalue weighted by molar-refractivity contribution is 0.00996. The van der Waals surface area contributed by atoms with Crippen molar-refractivity contribution >= 4 is 0 Å². The maximum absolute atomic E-state index is 5.16. The van der Waals surface area contributed by atoms with Gasteiger partial charge >= 0.3 is 0 Å². The minimum Gasteiger partial charge on any atom is -0.297 e. The molecule has 1 rings (SSSR count). The van der Waals surface area contributed by atoms with Crippen LogP contribution in [0.3, 0.4) is 0 Å². The molecule has 0 bridgehead atoms. The Labute approximate surface area is 56.3 Å². The van der Waals surface area contributed by atoms with Gasteiger partial charge in [0.1, 0.15) is 0 Å². The van der Waals surface area contributed by atoms with E-state index in [-0.39, 0.29) is 5.60 Å². The van der Waals surface area contributed by atoms with Crippen molar-refractivity contribution in [3.63, 3.8) is 0 Å². The second kappa shape index (κ2) is 1.96. The zero-order chi connectivity index (χ0) is 7.07. The zero-order valence-electron chi connectivity index (χ0n) is 6.35. The fraction of sp³-hybridized carbons (Fsp3) is 1.00. The molecule has 1 aliphatic carbocycles. The van der Waals surface area contributed by atoms with Gasteiger partial charge in [0.25, 0.3) is 0 Å². The molecular weight excluding hydrogens is 114 g/mol. The average molecular weight is 129 g/mol. The maximum Gasteiger partial charge on any atom is 0.0949 e. The van der Waals surface area contributed by atoms with Crippen LogP contribution in [0, 0.1) is 11.8 Å². The molecule has 2 unspecified atom stereocenters. The van der Waals surface area contributed by atoms with E-state index in [1.165, 1.54) is 0 Å². The normalized spacial score (nSPS) is 49.3. The minimum absolute atomic E-state index is 0.0278. The minimum atomic E-state index is 0.0278. The second-order valence-electron chi connectivity index (χ2n) is 3.00. The van der Waals surface area contributed by atoms with Crippen LogP contribution in [0.2, 0.25) is 0 Å². The van der Waals surface area contributed by atoms with Gasteiger partial charge in [0.15, 0.2) is 0 Å². The van der Waals surface area contributed by atoms with E-state index >= 15 is 0 Å². The third-order valence-electron chi connectivity index (χ3n) is 2.95. The summed E-state index contributed by atoms with van der Waals surface area (Å²) in [6, 6.07) is 0. The highest BCUT2D eigenvalue weighted by Gasteiger charge is 2.59. The molecule has 1 saturated carbocycles. The third-order valence-corrected chi connectivity index (χ3v) is 2.95. The Morgan fingerprint density at radius 3 is 1.89 bits per heavy atom. The average Bonchev–Trinajstić information content (AvgIpc) is 2.39. The van der Waals surface area contributed by atoms with E-state index in [9.17, 15) is 0 Å². The monoisotopic (exact) mass is 129 g/mol. The highest BCUT2D eigenvalue weighted by molar-refractivity contribution is 5.07. The van der Waals surface area contributed by atoms with Crippen LogP contribution < -0.4 is 5.90 Å². The molecule has 0 aromatic rings. The molecule has 0 heterocycles. The summed E-state index contributed by atoms with van der Waals surface area (Å²) in [4.78, 5) is 4.92. The summed E-state index contributed by atoms with van der Waals surface area (Å²) >= 11 is 0. The number of hydrogen-bond acceptors (Lipinski definition) is 2. The molecule has 54 valence electrons. The smallest absolute Gasteiger partial charge is 0.0949 e. The van der Waals surface area contributed by atoms with Crippen LogP contribution in [-0.2, 0) is 4.84 Å². The highest BCUT2D eigenvalue weighted by atomic mass is 16.6. The first-order chi connectivity index (χ1) is 4.19. The quantitative estimate of drug-likeness (QED) is 0.570. The molecule has 9 heavy (non-hydrogen) atoms. The molecule has 0 aromatic heterocycles. The van der Waals surface area contributed by atoms with Crippen LogP contribution >= 0.6 is 0 Å². The predicted octanol–water partition coefficient (Wildman–Crippen LogP) is 1.31. The Morgan fingerprint density at radius 2 is 1.89 bits per heavy atom. The largest absolute Gasteiger partial charge is 0.297 e. The number of rotatable bonds is 2. The van der Waals surface area contributed by atoms with Crippen LogP contribution in [0.4, 0.5) is 0 Å². The maximum atomic E-state index is 5.16. The summed E-state index contributed by atoms with van der Waals surface area (Å²) in [5.41, 5.74) is 0.0278. The molecule has 0 amide bonds. The van der Waals surface area contributed by atoms with E-state index < -0.39 is 0 Å². The first-order valence-electron chi connectivity index (χ1n) is 3.57. The molecule has 2 heteroatoms. The molecule has 2 N–H and O–H groups in total. The molecule has 2 atom stereocenters. The molecule has 0 radical (unpaired) electrons. The van der Waals surface area contributed by atoms with Crippen LogP contribution in [0.25, 0.3) is 0 Å². The lowest BCUT2D eigenvalue weighted by Crippen LogP contribution is -2.21. The van der Waals surface area contributed by atoms with Gasteiger partial charge in [0.2, 0.25) is 0 Å². The Kier molecular flexibility index (Phi) is 1.53. The Balaban J connectivity index is 2.54. The van der Waals surface area contributed by atoms with E-state index in [1.54, 1.807) is 0 Å². The summed E-state index contributed by atoms with van der Waals surface area (Å²) < 4.78 is 0. The van der Waals surface area contributed by atoms with Gasteiger partial charge in [-0.3, -0.25) is 4.84 Å². The summed E-state index contributed by atoms with van der Waals surface area (Å²) in [5.74, 6) is 6.45. The second-order valence-corrected chi connectivity index (χ2v) is 3.00. The van der Waals surface area contributed by atoms with Gasteiger partial charge in [0, 0.05) is 0 Å². The summed E-state index contributed by atoms with van der Waals surface area (Å²) in [6.45, 7) is 6.48. The van der Waals surface area contributed by atoms with Crippen LogP contribution in [0.15, 0.2) is 0 Å². The van der Waals surface area contributed by atoms with Gasteiger partial charge in [0.05, 0.1) is 5.60 Å². The standard InChI is InChI=1S/C7H15NO/c1-4-7(9-8)5(2)6(7)3/h5-6H,4,8H2,1-3H3. The van der Waals surface area contributed by atoms with Gasteiger partial charge in [-0.1, -0.05) is 20.8 Å². The molecule has 1 fully saturated rings. The molecule has 0 aromatic carbocycles. The van der Waals surface area contributed by atoms with Crippen molar-refractivity contribution in [2.75, 3.05) is 0 Å². The Bertz CT molecular complexity index is 99.5. The van der Waals surface area contributed by atoms with Crippen molar-refractivity contribution in [3.05, 3.63) is 0 Å². The summed E-state index contributed by atoms with van der Waals surface area (Å²) in [5, 5.41) is 0. The first kappa shape index (κ1) is 7.03. The fourth-order valence-corrected chi connectivity index (χ4v) is 1.77. The van der Waals surface area contributed by atoms with Gasteiger partial charge in [-0.05, 0) is 18.3 Å². The lowest BCUT2D eigenvalue weighted by atomic mass is 10.2. The van der Waals surface area contributed by atoms with Crippen LogP contribution in [-0.4, -0.2) is 5.60 Å². The summed E-state index contributed by atoms with van der Waals surface area (Å²) in [7, 11) is 0. The predicted molar refractivity (Wildman–Crippen MR) is 36.6 cm³/mol. The fourth-order valence-electron chi connectivity index (χ4n) is 1.77. The topological polar surface area (TPSA) is 35.2 Å². The van der Waals surface area contributed by atoms with Gasteiger partial charge in [-0.2, -0.15) is 0 Å². The summed E-state index contributed by atoms with van der Waals surface area (Å²) in [6.07, 6.45) is 1.03. The molecule has 0 spiro atoms. The van der Waals surface area contributed by atoms with E-state index in [2.05, 4.69) is 20.8 Å². The number of hydrogen-bond donors (Lipinski definition) is 1. The lowest BCUT2D eigenvalue weighted by Gasteiger charge is -2.10. The molecule has 1 aliphatic rings. The van der Waals surface area contributed by atoms with Crippen molar-refractivity contribution in [1.29, 1.82) is 0 Å². The van der Waals surface area contributed by atoms with Crippen LogP contribution in [0.1, 0.15) is 27.2 Å². The molecular formula is C7H15NO. The van der Waals surface area contributed by atoms with E-state index in [0.717, 1.165) is 6.42 Å². The zero-order valence-corrected chi connectivity index (χ0v) is 6.35. The SMILES string of the molecule is CCC1(ON)C(C)C1C. The highest BCUT2D eigenvalue weighted by Crippen LogP contribution is 2.53. The molecule has 2 nitrogen and oxygen atoms in total. The van der Waals surface area contributed by atoms with E-state index in [4.69, 9.17) is 10.7 Å². The Morgan fingerprint density at radius 1 is 1.44 bits per heavy atom. The Hall–Kier alpha value is -0.0800. The van der Waals surface area contributed by atoms with Crippen molar-refractivity contribution in [2.24, 2.45) is 17.7 Å². The van der Waals surface area contributed by atoms with Gasteiger partial charge < -0.3 is 0 Å². The molecule has 0 saturated heterocycles. The van der Waals surface area contributed by atoms with E-state index in [1.807, 2.05) is 0 Å². The van der Waals surface area contributed by atoms with Crippen molar-refractivity contribution in [1.82, 2.24) is 0 Å². The third kappa shape index (κ3) is 0.700. The van der Waals surface area contributed by atoms with Gasteiger partial charge in [-0.15, -0.1) is 0 Å². The van der Waals surface area contributed by atoms with Crippen molar-refractivity contribution < 1.29 is 4.84 Å². The first-order valence-corrected chi connectivity index (χ1v) is 3.57. The van der Waals surface area contributed by atoms with Crippen molar-refractivity contribution in [2.45, 2.75) is 32.8 Å². The van der Waals surface area contributed by atoms with Gasteiger partial charge in [-0.25, -0.2) is 5.90 Å². The van der Waals surface area contributed by atoms with E-state index in [0.29, 0.717) is 11.8 Å². The molecule has 0 aliphatic heterocycles.